The molecule has 1 heterocycles. The van der Waals surface area contributed by atoms with Gasteiger partial charge < -0.3 is 9.84 Å². The molecule has 1 aliphatic rings. The van der Waals surface area contributed by atoms with Crippen molar-refractivity contribution >= 4 is 52.4 Å². The van der Waals surface area contributed by atoms with Crippen molar-refractivity contribution in [3.8, 4) is 0 Å². The lowest BCUT2D eigenvalue weighted by molar-refractivity contribution is -0.387. The number of hydrogen-bond donors (Lipinski definition) is 1. The van der Waals surface area contributed by atoms with Gasteiger partial charge in [-0.15, -0.1) is 11.8 Å². The predicted octanol–water partition coefficient (Wildman–Crippen LogP) is 2.28. The van der Waals surface area contributed by atoms with Crippen LogP contribution in [0.2, 0.25) is 0 Å². The molecular weight excluding hydrogens is 396 g/mol. The minimum Gasteiger partial charge on any atom is -0.465 e. The normalized spacial score (nSPS) is 15.5. The van der Waals surface area contributed by atoms with E-state index in [-0.39, 0.29) is 23.8 Å². The predicted molar refractivity (Wildman–Crippen MR) is 100 cm³/mol. The van der Waals surface area contributed by atoms with Crippen LogP contribution < -0.4 is 0 Å². The van der Waals surface area contributed by atoms with Gasteiger partial charge in [0, 0.05) is 11.8 Å². The van der Waals surface area contributed by atoms with E-state index in [2.05, 4.69) is 0 Å². The molecule has 144 valence electrons. The lowest BCUT2D eigenvalue weighted by atomic mass is 10.2. The third-order valence-corrected chi connectivity index (χ3v) is 5.24. The molecule has 1 aliphatic heterocycles. The lowest BCUT2D eigenvalue weighted by Crippen LogP contribution is -2.34. The second-order valence-corrected chi connectivity index (χ2v) is 7.26. The number of aliphatic hydroxyl groups is 1. The summed E-state index contributed by atoms with van der Waals surface area (Å²) >= 11 is 1.79. The Kier molecular flexibility index (Phi) is 7.39. The largest absolute Gasteiger partial charge is 0.465 e. The summed E-state index contributed by atoms with van der Waals surface area (Å²) in [5.41, 5.74) is 0.213. The van der Waals surface area contributed by atoms with Gasteiger partial charge in [0.2, 0.25) is 0 Å². The highest BCUT2D eigenvalue weighted by Crippen LogP contribution is 2.34. The molecule has 0 spiro atoms. The average Bonchev–Trinajstić information content (AvgIpc) is 2.88. The van der Waals surface area contributed by atoms with Crippen molar-refractivity contribution in [2.24, 2.45) is 0 Å². The first-order chi connectivity index (χ1) is 12.9. The van der Waals surface area contributed by atoms with E-state index in [1.807, 2.05) is 0 Å². The second-order valence-electron chi connectivity index (χ2n) is 5.13. The van der Waals surface area contributed by atoms with Crippen LogP contribution in [0.4, 0.5) is 10.5 Å². The molecule has 0 saturated carbocycles. The number of aliphatic hydroxyl groups excluding tert-OH is 1. The number of nitro groups is 1. The molecule has 2 rings (SSSR count). The van der Waals surface area contributed by atoms with Gasteiger partial charge in [0.1, 0.15) is 6.54 Å². The number of hydrogen-bond acceptors (Lipinski definition) is 9. The third-order valence-electron chi connectivity index (χ3n) is 3.29. The number of nitro benzene ring substituents is 1. The van der Waals surface area contributed by atoms with Crippen LogP contribution in [0, 0.1) is 10.1 Å². The molecule has 0 radical (unpaired) electrons. The molecule has 0 bridgehead atoms. The monoisotopic (exact) mass is 412 g/mol. The molecule has 0 aromatic heterocycles. The Bertz CT molecular complexity index is 810. The SMILES string of the molecule is CCOC(=O)CN1C(=O)S/C(=C\c2ccc(SCCO)c([N+](=O)[O-])c2)C1=O. The van der Waals surface area contributed by atoms with Crippen LogP contribution >= 0.6 is 23.5 Å². The topological polar surface area (TPSA) is 127 Å². The number of benzene rings is 1. The van der Waals surface area contributed by atoms with E-state index in [9.17, 15) is 24.5 Å². The van der Waals surface area contributed by atoms with E-state index in [4.69, 9.17) is 9.84 Å². The zero-order valence-corrected chi connectivity index (χ0v) is 15.9. The molecule has 9 nitrogen and oxygen atoms in total. The van der Waals surface area contributed by atoms with Gasteiger partial charge in [-0.1, -0.05) is 6.07 Å². The molecule has 0 aliphatic carbocycles. The zero-order chi connectivity index (χ0) is 20.0. The van der Waals surface area contributed by atoms with Crippen molar-refractivity contribution in [2.75, 3.05) is 25.5 Å². The van der Waals surface area contributed by atoms with Crippen molar-refractivity contribution in [1.29, 1.82) is 0 Å². The summed E-state index contributed by atoms with van der Waals surface area (Å²) in [7, 11) is 0. The molecule has 1 fully saturated rings. The first kappa shape index (κ1) is 20.9. The Morgan fingerprint density at radius 3 is 2.81 bits per heavy atom. The molecule has 2 amide bonds. The fourth-order valence-corrected chi connectivity index (χ4v) is 3.76. The van der Waals surface area contributed by atoms with Gasteiger partial charge in [0.15, 0.2) is 0 Å². The van der Waals surface area contributed by atoms with Gasteiger partial charge in [-0.2, -0.15) is 0 Å². The second kappa shape index (κ2) is 9.53. The fourth-order valence-electron chi connectivity index (χ4n) is 2.17. The number of esters is 1. The van der Waals surface area contributed by atoms with Gasteiger partial charge in [-0.3, -0.25) is 29.4 Å². The van der Waals surface area contributed by atoms with Gasteiger partial charge in [-0.05, 0) is 36.4 Å². The zero-order valence-electron chi connectivity index (χ0n) is 14.2. The van der Waals surface area contributed by atoms with E-state index in [0.29, 0.717) is 28.0 Å². The number of imide groups is 1. The van der Waals surface area contributed by atoms with E-state index in [1.165, 1.54) is 18.2 Å². The first-order valence-electron chi connectivity index (χ1n) is 7.80. The highest BCUT2D eigenvalue weighted by atomic mass is 32.2. The standard InChI is InChI=1S/C16H16N2O7S2/c1-2-25-14(20)9-17-15(21)13(27-16(17)22)8-10-3-4-12(26-6-5-19)11(7-10)18(23)24/h3-4,7-8,19H,2,5-6,9H2,1H3/b13-8-. The van der Waals surface area contributed by atoms with Crippen LogP contribution in [-0.2, 0) is 14.3 Å². The minimum absolute atomic E-state index is 0.0642. The molecule has 11 heteroatoms. The van der Waals surface area contributed by atoms with Gasteiger partial charge in [-0.25, -0.2) is 0 Å². The number of thioether (sulfide) groups is 2. The fraction of sp³-hybridized carbons (Fsp3) is 0.312. The van der Waals surface area contributed by atoms with Crippen molar-refractivity contribution in [2.45, 2.75) is 11.8 Å². The van der Waals surface area contributed by atoms with Crippen molar-refractivity contribution in [3.63, 3.8) is 0 Å². The van der Waals surface area contributed by atoms with Crippen molar-refractivity contribution < 1.29 is 29.2 Å². The quantitative estimate of drug-likeness (QED) is 0.225. The van der Waals surface area contributed by atoms with Crippen LogP contribution in [0.3, 0.4) is 0 Å². The van der Waals surface area contributed by atoms with Crippen LogP contribution in [-0.4, -0.2) is 57.6 Å². The Balaban J connectivity index is 2.24. The molecule has 27 heavy (non-hydrogen) atoms. The highest BCUT2D eigenvalue weighted by Gasteiger charge is 2.36. The summed E-state index contributed by atoms with van der Waals surface area (Å²) in [6.45, 7) is 1.15. The van der Waals surface area contributed by atoms with Crippen LogP contribution in [0.25, 0.3) is 6.08 Å². The van der Waals surface area contributed by atoms with E-state index in [0.717, 1.165) is 16.7 Å². The molecule has 0 unspecified atom stereocenters. The Hall–Kier alpha value is -2.37. The van der Waals surface area contributed by atoms with Crippen LogP contribution in [0.1, 0.15) is 12.5 Å². The smallest absolute Gasteiger partial charge is 0.326 e. The third kappa shape index (κ3) is 5.31. The summed E-state index contributed by atoms with van der Waals surface area (Å²) in [5.74, 6) is -1.03. The van der Waals surface area contributed by atoms with Crippen LogP contribution in [0.15, 0.2) is 28.0 Å². The molecule has 1 aromatic carbocycles. The van der Waals surface area contributed by atoms with Crippen molar-refractivity contribution in [3.05, 3.63) is 38.8 Å². The Morgan fingerprint density at radius 1 is 1.44 bits per heavy atom. The molecule has 0 atom stereocenters. The lowest BCUT2D eigenvalue weighted by Gasteiger charge is -2.10. The number of rotatable bonds is 8. The summed E-state index contributed by atoms with van der Waals surface area (Å²) in [4.78, 5) is 47.7. The van der Waals surface area contributed by atoms with E-state index >= 15 is 0 Å². The van der Waals surface area contributed by atoms with Gasteiger partial charge >= 0.3 is 5.97 Å². The maximum absolute atomic E-state index is 12.3. The number of ether oxygens (including phenoxy) is 1. The Morgan fingerprint density at radius 2 is 2.19 bits per heavy atom. The maximum atomic E-state index is 12.3. The maximum Gasteiger partial charge on any atom is 0.326 e. The van der Waals surface area contributed by atoms with Gasteiger partial charge in [0.25, 0.3) is 16.8 Å². The summed E-state index contributed by atoms with van der Waals surface area (Å²) in [5, 5.41) is 19.5. The highest BCUT2D eigenvalue weighted by molar-refractivity contribution is 8.18. The van der Waals surface area contributed by atoms with Gasteiger partial charge in [0.05, 0.1) is 27.9 Å². The molecule has 1 saturated heterocycles. The number of carbonyl (C=O) groups is 3. The van der Waals surface area contributed by atoms with E-state index < -0.39 is 28.6 Å². The van der Waals surface area contributed by atoms with Crippen molar-refractivity contribution in [1.82, 2.24) is 4.90 Å². The summed E-state index contributed by atoms with van der Waals surface area (Å²) in [6, 6.07) is 4.39. The molecule has 1 N–H and O–H groups in total. The summed E-state index contributed by atoms with van der Waals surface area (Å²) in [6.07, 6.45) is 1.36. The Labute approximate surface area is 162 Å². The average molecular weight is 412 g/mol. The number of nitrogens with zero attached hydrogens (tertiary/aromatic N) is 2. The molecule has 1 aromatic rings. The van der Waals surface area contributed by atoms with E-state index in [1.54, 1.807) is 13.0 Å². The first-order valence-corrected chi connectivity index (χ1v) is 9.60. The van der Waals surface area contributed by atoms with Crippen LogP contribution in [0.5, 0.6) is 0 Å². The molecular formula is C16H16N2O7S2. The minimum atomic E-state index is -0.693. The number of carbonyl (C=O) groups excluding carboxylic acids is 3. The summed E-state index contributed by atoms with van der Waals surface area (Å²) < 4.78 is 4.73. The number of amides is 2.